The van der Waals surface area contributed by atoms with Crippen molar-refractivity contribution in [3.8, 4) is 0 Å². The third-order valence-corrected chi connectivity index (χ3v) is 1.55. The number of rotatable bonds is 6. The van der Waals surface area contributed by atoms with Crippen molar-refractivity contribution in [1.82, 2.24) is 5.48 Å². The Morgan fingerprint density at radius 3 is 2.75 bits per heavy atom. The van der Waals surface area contributed by atoms with Crippen LogP contribution in [0.3, 0.4) is 0 Å². The Labute approximate surface area is 75.0 Å². The summed E-state index contributed by atoms with van der Waals surface area (Å²) in [6.45, 7) is -0.287. The molecule has 3 N–H and O–H groups in total. The van der Waals surface area contributed by atoms with Crippen LogP contribution in [-0.4, -0.2) is 30.4 Å². The number of carbonyl (C=O) groups excluding carboxylic acids is 2. The van der Waals surface area contributed by atoms with Gasteiger partial charge in [-0.05, 0) is 6.26 Å². The van der Waals surface area contributed by atoms with Gasteiger partial charge in [-0.15, -0.1) is 0 Å². The zero-order chi connectivity index (χ0) is 9.40. The SMILES string of the molecule is CSCCC(=O)NOCC(N)=O. The highest BCUT2D eigenvalue weighted by molar-refractivity contribution is 7.98. The first kappa shape index (κ1) is 11.2. The van der Waals surface area contributed by atoms with Crippen molar-refractivity contribution in [2.24, 2.45) is 5.73 Å². The van der Waals surface area contributed by atoms with Gasteiger partial charge in [0.15, 0.2) is 6.61 Å². The number of nitrogens with two attached hydrogens (primary N) is 1. The monoisotopic (exact) mass is 192 g/mol. The molecule has 0 bridgehead atoms. The van der Waals surface area contributed by atoms with Crippen LogP contribution in [0.2, 0.25) is 0 Å². The molecule has 0 aromatic heterocycles. The van der Waals surface area contributed by atoms with Gasteiger partial charge < -0.3 is 5.73 Å². The predicted molar refractivity (Wildman–Crippen MR) is 46.3 cm³/mol. The minimum Gasteiger partial charge on any atom is -0.368 e. The Morgan fingerprint density at radius 2 is 2.25 bits per heavy atom. The van der Waals surface area contributed by atoms with Gasteiger partial charge in [-0.25, -0.2) is 5.48 Å². The summed E-state index contributed by atoms with van der Waals surface area (Å²) in [5, 5.41) is 0. The molecule has 0 aliphatic rings. The van der Waals surface area contributed by atoms with Crippen molar-refractivity contribution < 1.29 is 14.4 Å². The van der Waals surface area contributed by atoms with E-state index in [2.05, 4.69) is 10.3 Å². The van der Waals surface area contributed by atoms with Crippen molar-refractivity contribution in [2.45, 2.75) is 6.42 Å². The minimum atomic E-state index is -0.611. The van der Waals surface area contributed by atoms with Crippen LogP contribution in [0.4, 0.5) is 0 Å². The highest BCUT2D eigenvalue weighted by Gasteiger charge is 2.00. The van der Waals surface area contributed by atoms with E-state index in [4.69, 9.17) is 5.73 Å². The zero-order valence-electron chi connectivity index (χ0n) is 6.83. The van der Waals surface area contributed by atoms with E-state index in [0.29, 0.717) is 6.42 Å². The standard InChI is InChI=1S/C6H12N2O3S/c1-12-3-2-6(10)8-11-4-5(7)9/h2-4H2,1H3,(H2,7,9)(H,8,10). The van der Waals surface area contributed by atoms with Crippen LogP contribution in [0.1, 0.15) is 6.42 Å². The van der Waals surface area contributed by atoms with E-state index in [9.17, 15) is 9.59 Å². The highest BCUT2D eigenvalue weighted by Crippen LogP contribution is 1.94. The average molecular weight is 192 g/mol. The average Bonchev–Trinajstić information content (AvgIpc) is 2.00. The van der Waals surface area contributed by atoms with E-state index >= 15 is 0 Å². The molecule has 0 aromatic rings. The topological polar surface area (TPSA) is 81.4 Å². The predicted octanol–water partition coefficient (Wildman–Crippen LogP) is -0.727. The molecular formula is C6H12N2O3S. The molecule has 0 fully saturated rings. The maximum Gasteiger partial charge on any atom is 0.246 e. The molecule has 0 rings (SSSR count). The second-order valence-corrected chi connectivity index (χ2v) is 3.01. The fourth-order valence-electron chi connectivity index (χ4n) is 0.433. The van der Waals surface area contributed by atoms with Gasteiger partial charge in [-0.1, -0.05) is 0 Å². The van der Waals surface area contributed by atoms with E-state index in [1.54, 1.807) is 11.8 Å². The number of hydrogen-bond acceptors (Lipinski definition) is 4. The minimum absolute atomic E-state index is 0.245. The number of nitrogens with one attached hydrogen (secondary N) is 1. The third-order valence-electron chi connectivity index (χ3n) is 0.934. The van der Waals surface area contributed by atoms with Gasteiger partial charge in [0, 0.05) is 12.2 Å². The largest absolute Gasteiger partial charge is 0.368 e. The molecule has 0 heterocycles. The van der Waals surface area contributed by atoms with Crippen LogP contribution >= 0.6 is 11.8 Å². The van der Waals surface area contributed by atoms with Crippen LogP contribution in [0.25, 0.3) is 0 Å². The molecular weight excluding hydrogens is 180 g/mol. The Hall–Kier alpha value is -0.750. The second-order valence-electron chi connectivity index (χ2n) is 2.02. The Bertz CT molecular complexity index is 163. The molecule has 0 saturated carbocycles. The number of hydroxylamine groups is 1. The molecule has 5 nitrogen and oxygen atoms in total. The lowest BCUT2D eigenvalue weighted by molar-refractivity contribution is -0.137. The molecule has 12 heavy (non-hydrogen) atoms. The van der Waals surface area contributed by atoms with Gasteiger partial charge in [0.05, 0.1) is 0 Å². The first-order chi connectivity index (χ1) is 5.66. The Morgan fingerprint density at radius 1 is 1.58 bits per heavy atom. The lowest BCUT2D eigenvalue weighted by Crippen LogP contribution is -2.29. The number of hydrogen-bond donors (Lipinski definition) is 2. The smallest absolute Gasteiger partial charge is 0.246 e. The maximum atomic E-state index is 10.8. The molecule has 0 atom stereocenters. The van der Waals surface area contributed by atoms with Crippen molar-refractivity contribution in [3.05, 3.63) is 0 Å². The van der Waals surface area contributed by atoms with Crippen molar-refractivity contribution in [1.29, 1.82) is 0 Å². The van der Waals surface area contributed by atoms with Gasteiger partial charge in [-0.3, -0.25) is 14.4 Å². The van der Waals surface area contributed by atoms with E-state index in [1.807, 2.05) is 6.26 Å². The molecule has 0 unspecified atom stereocenters. The first-order valence-electron chi connectivity index (χ1n) is 3.34. The molecule has 0 radical (unpaired) electrons. The summed E-state index contributed by atoms with van der Waals surface area (Å²) in [5.74, 6) is -0.128. The van der Waals surface area contributed by atoms with Crippen LogP contribution in [0.15, 0.2) is 0 Å². The van der Waals surface area contributed by atoms with E-state index in [1.165, 1.54) is 0 Å². The molecule has 70 valence electrons. The first-order valence-corrected chi connectivity index (χ1v) is 4.74. The van der Waals surface area contributed by atoms with E-state index < -0.39 is 5.91 Å². The van der Waals surface area contributed by atoms with Crippen LogP contribution < -0.4 is 11.2 Å². The summed E-state index contributed by atoms with van der Waals surface area (Å²) in [7, 11) is 0. The summed E-state index contributed by atoms with van der Waals surface area (Å²) in [4.78, 5) is 25.4. The summed E-state index contributed by atoms with van der Waals surface area (Å²) in [5.41, 5.74) is 6.86. The third kappa shape index (κ3) is 7.36. The molecule has 0 aromatic carbocycles. The van der Waals surface area contributed by atoms with E-state index in [-0.39, 0.29) is 12.5 Å². The van der Waals surface area contributed by atoms with Gasteiger partial charge in [0.25, 0.3) is 0 Å². The van der Waals surface area contributed by atoms with E-state index in [0.717, 1.165) is 5.75 Å². The molecule has 6 heteroatoms. The fourth-order valence-corrected chi connectivity index (χ4v) is 0.823. The fraction of sp³-hybridized carbons (Fsp3) is 0.667. The van der Waals surface area contributed by atoms with Crippen LogP contribution in [-0.2, 0) is 14.4 Å². The van der Waals surface area contributed by atoms with Crippen molar-refractivity contribution in [2.75, 3.05) is 18.6 Å². The summed E-state index contributed by atoms with van der Waals surface area (Å²) in [6, 6.07) is 0. The maximum absolute atomic E-state index is 10.8. The lowest BCUT2D eigenvalue weighted by Gasteiger charge is -2.02. The number of thioether (sulfide) groups is 1. The van der Waals surface area contributed by atoms with Gasteiger partial charge in [-0.2, -0.15) is 11.8 Å². The summed E-state index contributed by atoms with van der Waals surface area (Å²) in [6.07, 6.45) is 2.28. The molecule has 0 aliphatic carbocycles. The number of carbonyl (C=O) groups is 2. The van der Waals surface area contributed by atoms with Crippen LogP contribution in [0, 0.1) is 0 Å². The zero-order valence-corrected chi connectivity index (χ0v) is 7.65. The highest BCUT2D eigenvalue weighted by atomic mass is 32.2. The molecule has 0 spiro atoms. The molecule has 0 aliphatic heterocycles. The van der Waals surface area contributed by atoms with Crippen LogP contribution in [0.5, 0.6) is 0 Å². The van der Waals surface area contributed by atoms with Crippen molar-refractivity contribution >= 4 is 23.6 Å². The van der Waals surface area contributed by atoms with Gasteiger partial charge >= 0.3 is 0 Å². The van der Waals surface area contributed by atoms with Gasteiger partial charge in [0.1, 0.15) is 0 Å². The Kier molecular flexibility index (Phi) is 6.50. The Balaban J connectivity index is 3.25. The summed E-state index contributed by atoms with van der Waals surface area (Å²) >= 11 is 1.56. The second kappa shape index (κ2) is 6.93. The van der Waals surface area contributed by atoms with Gasteiger partial charge in [0.2, 0.25) is 11.8 Å². The lowest BCUT2D eigenvalue weighted by atomic mass is 10.5. The number of amides is 2. The molecule has 2 amide bonds. The van der Waals surface area contributed by atoms with Crippen molar-refractivity contribution in [3.63, 3.8) is 0 Å². The quantitative estimate of drug-likeness (QED) is 0.544. The summed E-state index contributed by atoms with van der Waals surface area (Å²) < 4.78 is 0. The molecule has 0 saturated heterocycles. The normalized spacial score (nSPS) is 9.42. The number of primary amides is 1.